The summed E-state index contributed by atoms with van der Waals surface area (Å²) < 4.78 is 1.56. The van der Waals surface area contributed by atoms with Crippen molar-refractivity contribution in [3.05, 3.63) is 62.6 Å². The molecule has 28 heavy (non-hydrogen) atoms. The first-order valence-electron chi connectivity index (χ1n) is 8.88. The molecule has 2 amide bonds. The van der Waals surface area contributed by atoms with E-state index in [9.17, 15) is 19.2 Å². The largest absolute Gasteiger partial charge is 0.354 e. The van der Waals surface area contributed by atoms with Crippen LogP contribution in [-0.4, -0.2) is 34.5 Å². The maximum atomic E-state index is 12.4. The van der Waals surface area contributed by atoms with E-state index in [1.54, 1.807) is 16.3 Å². The minimum Gasteiger partial charge on any atom is -0.354 e. The first-order valence-corrected chi connectivity index (χ1v) is 9.76. The van der Waals surface area contributed by atoms with Gasteiger partial charge in [0, 0.05) is 31.7 Å². The van der Waals surface area contributed by atoms with Crippen molar-refractivity contribution >= 4 is 39.1 Å². The summed E-state index contributed by atoms with van der Waals surface area (Å²) in [6.07, 6.45) is 0.141. The van der Waals surface area contributed by atoms with Crippen LogP contribution >= 0.6 is 11.3 Å². The van der Waals surface area contributed by atoms with E-state index in [-0.39, 0.29) is 36.9 Å². The van der Waals surface area contributed by atoms with E-state index in [0.717, 1.165) is 10.3 Å². The molecular weight excluding hydrogens is 380 g/mol. The zero-order valence-electron chi connectivity index (χ0n) is 14.9. The fourth-order valence-corrected chi connectivity index (χ4v) is 4.15. The number of hydrogen-bond donors (Lipinski definition) is 2. The molecule has 2 N–H and O–H groups in total. The van der Waals surface area contributed by atoms with Crippen LogP contribution in [0.5, 0.6) is 0 Å². The number of hydrogen-bond acceptors (Lipinski definition) is 5. The zero-order chi connectivity index (χ0) is 19.7. The number of benzene rings is 1. The van der Waals surface area contributed by atoms with Crippen LogP contribution in [0.25, 0.3) is 10.2 Å². The lowest BCUT2D eigenvalue weighted by molar-refractivity contribution is -0.126. The van der Waals surface area contributed by atoms with Crippen LogP contribution in [0, 0.1) is 5.92 Å². The van der Waals surface area contributed by atoms with Crippen molar-refractivity contribution in [1.82, 2.24) is 14.9 Å². The molecule has 1 aliphatic heterocycles. The number of H-pyrrole nitrogens is 1. The maximum absolute atomic E-state index is 12.4. The zero-order valence-corrected chi connectivity index (χ0v) is 15.7. The average molecular weight is 398 g/mol. The van der Waals surface area contributed by atoms with Crippen molar-refractivity contribution in [1.29, 1.82) is 0 Å². The van der Waals surface area contributed by atoms with E-state index in [0.29, 0.717) is 16.8 Å². The van der Waals surface area contributed by atoms with E-state index < -0.39 is 11.6 Å². The highest BCUT2D eigenvalue weighted by Crippen LogP contribution is 2.24. The Morgan fingerprint density at radius 2 is 1.96 bits per heavy atom. The van der Waals surface area contributed by atoms with Crippen LogP contribution in [0.4, 0.5) is 5.69 Å². The van der Waals surface area contributed by atoms with E-state index in [1.165, 1.54) is 11.3 Å². The lowest BCUT2D eigenvalue weighted by atomic mass is 10.1. The van der Waals surface area contributed by atoms with Gasteiger partial charge in [0.2, 0.25) is 11.8 Å². The molecule has 1 aliphatic rings. The van der Waals surface area contributed by atoms with Crippen LogP contribution in [-0.2, 0) is 16.1 Å². The first-order chi connectivity index (χ1) is 13.5. The van der Waals surface area contributed by atoms with Gasteiger partial charge >= 0.3 is 5.69 Å². The van der Waals surface area contributed by atoms with Gasteiger partial charge in [0.25, 0.3) is 5.56 Å². The van der Waals surface area contributed by atoms with Crippen molar-refractivity contribution < 1.29 is 9.59 Å². The van der Waals surface area contributed by atoms with Gasteiger partial charge in [-0.1, -0.05) is 18.2 Å². The van der Waals surface area contributed by atoms with Gasteiger partial charge < -0.3 is 15.2 Å². The number of fused-ring (bicyclic) bond motifs is 1. The Morgan fingerprint density at radius 3 is 2.75 bits per heavy atom. The molecule has 0 unspecified atom stereocenters. The molecule has 0 saturated carbocycles. The van der Waals surface area contributed by atoms with Crippen molar-refractivity contribution in [3.8, 4) is 0 Å². The molecule has 0 spiro atoms. The third-order valence-electron chi connectivity index (χ3n) is 4.79. The fourth-order valence-electron chi connectivity index (χ4n) is 3.35. The van der Waals surface area contributed by atoms with Crippen molar-refractivity contribution in [2.45, 2.75) is 13.0 Å². The third kappa shape index (κ3) is 3.36. The second-order valence-electron chi connectivity index (χ2n) is 6.58. The van der Waals surface area contributed by atoms with Crippen molar-refractivity contribution in [3.63, 3.8) is 0 Å². The van der Waals surface area contributed by atoms with Crippen molar-refractivity contribution in [2.24, 2.45) is 5.92 Å². The van der Waals surface area contributed by atoms with Crippen LogP contribution in [0.3, 0.4) is 0 Å². The van der Waals surface area contributed by atoms with Gasteiger partial charge in [0.15, 0.2) is 0 Å². The molecule has 8 nitrogen and oxygen atoms in total. The number of thiophene rings is 1. The molecule has 1 fully saturated rings. The Labute approximate surface area is 163 Å². The SMILES string of the molecule is O=C(NCCn1c(=O)[nH]c2ccsc2c1=O)[C@@H]1CC(=O)N(c2ccccc2)C1. The monoisotopic (exact) mass is 398 g/mol. The Kier molecular flexibility index (Phi) is 4.82. The topological polar surface area (TPSA) is 104 Å². The summed E-state index contributed by atoms with van der Waals surface area (Å²) in [5, 5.41) is 4.47. The number of rotatable bonds is 5. The summed E-state index contributed by atoms with van der Waals surface area (Å²) in [4.78, 5) is 53.4. The van der Waals surface area contributed by atoms with Gasteiger partial charge in [-0.3, -0.25) is 19.0 Å². The summed E-state index contributed by atoms with van der Waals surface area (Å²) in [7, 11) is 0. The van der Waals surface area contributed by atoms with Gasteiger partial charge in [0.1, 0.15) is 4.70 Å². The first kappa shape index (κ1) is 18.2. The number of anilines is 1. The van der Waals surface area contributed by atoms with E-state index in [2.05, 4.69) is 10.3 Å². The molecule has 0 bridgehead atoms. The maximum Gasteiger partial charge on any atom is 0.328 e. The van der Waals surface area contributed by atoms with Crippen molar-refractivity contribution in [2.75, 3.05) is 18.0 Å². The van der Waals surface area contributed by atoms with Gasteiger partial charge in [0.05, 0.1) is 11.4 Å². The lowest BCUT2D eigenvalue weighted by Crippen LogP contribution is -2.40. The highest BCUT2D eigenvalue weighted by molar-refractivity contribution is 7.17. The molecule has 1 saturated heterocycles. The predicted molar refractivity (Wildman–Crippen MR) is 107 cm³/mol. The number of aromatic amines is 1. The molecule has 2 aromatic heterocycles. The second-order valence-corrected chi connectivity index (χ2v) is 7.50. The number of aromatic nitrogens is 2. The van der Waals surface area contributed by atoms with Gasteiger partial charge in [-0.2, -0.15) is 0 Å². The summed E-state index contributed by atoms with van der Waals surface area (Å²) in [6, 6.07) is 10.9. The highest BCUT2D eigenvalue weighted by atomic mass is 32.1. The van der Waals surface area contributed by atoms with Gasteiger partial charge in [-0.15, -0.1) is 11.3 Å². The number of amides is 2. The Balaban J connectivity index is 1.39. The molecule has 3 aromatic rings. The third-order valence-corrected chi connectivity index (χ3v) is 5.69. The molecule has 4 rings (SSSR count). The van der Waals surface area contributed by atoms with E-state index in [4.69, 9.17) is 0 Å². The minimum absolute atomic E-state index is 0.0663. The van der Waals surface area contributed by atoms with Crippen LogP contribution in [0.1, 0.15) is 6.42 Å². The quantitative estimate of drug-likeness (QED) is 0.667. The van der Waals surface area contributed by atoms with Crippen LogP contribution in [0.15, 0.2) is 51.4 Å². The second kappa shape index (κ2) is 7.43. The van der Waals surface area contributed by atoms with Gasteiger partial charge in [-0.25, -0.2) is 4.79 Å². The number of para-hydroxylation sites is 1. The Hall–Kier alpha value is -3.20. The molecule has 144 valence electrons. The van der Waals surface area contributed by atoms with E-state index in [1.807, 2.05) is 30.3 Å². The van der Waals surface area contributed by atoms with Crippen LogP contribution < -0.4 is 21.5 Å². The Bertz CT molecular complexity index is 1150. The van der Waals surface area contributed by atoms with Gasteiger partial charge in [-0.05, 0) is 23.6 Å². The molecule has 0 radical (unpaired) electrons. The Morgan fingerprint density at radius 1 is 1.18 bits per heavy atom. The number of nitrogens with zero attached hydrogens (tertiary/aromatic N) is 2. The molecule has 0 aliphatic carbocycles. The molecule has 3 heterocycles. The minimum atomic E-state index is -0.503. The van der Waals surface area contributed by atoms with E-state index >= 15 is 0 Å². The molecule has 1 aromatic carbocycles. The number of carbonyl (C=O) groups is 2. The highest BCUT2D eigenvalue weighted by Gasteiger charge is 2.34. The number of nitrogens with one attached hydrogen (secondary N) is 2. The number of carbonyl (C=O) groups excluding carboxylic acids is 2. The molecular formula is C19H18N4O4S. The summed E-state index contributed by atoms with van der Waals surface area (Å²) in [5.41, 5.74) is 0.418. The predicted octanol–water partition coefficient (Wildman–Crippen LogP) is 0.921. The van der Waals surface area contributed by atoms with Crippen LogP contribution in [0.2, 0.25) is 0 Å². The standard InChI is InChI=1S/C19H18N4O4S/c24-15-10-12(11-23(15)13-4-2-1-3-5-13)17(25)20-7-8-22-18(26)16-14(6-9-28-16)21-19(22)27/h1-6,9,12H,7-8,10-11H2,(H,20,25)(H,21,27)/t12-/m1/s1. The molecule has 9 heteroatoms. The summed E-state index contributed by atoms with van der Waals surface area (Å²) in [5.74, 6) is -0.807. The average Bonchev–Trinajstić information content (AvgIpc) is 3.31. The fraction of sp³-hybridized carbons (Fsp3) is 0.263. The summed E-state index contributed by atoms with van der Waals surface area (Å²) >= 11 is 1.26. The smallest absolute Gasteiger partial charge is 0.328 e. The normalized spacial score (nSPS) is 16.6. The summed E-state index contributed by atoms with van der Waals surface area (Å²) in [6.45, 7) is 0.516. The molecule has 1 atom stereocenters. The lowest BCUT2D eigenvalue weighted by Gasteiger charge is -2.16.